The average Bonchev–Trinajstić information content (AvgIpc) is 2.28. The number of hydrogen-bond donors (Lipinski definition) is 2. The van der Waals surface area contributed by atoms with Gasteiger partial charge >= 0.3 is 0 Å². The van der Waals surface area contributed by atoms with Crippen LogP contribution in [0.1, 0.15) is 32.8 Å². The normalized spacial score (nSPS) is 13.2. The van der Waals surface area contributed by atoms with Crippen LogP contribution in [0.4, 0.5) is 0 Å². The predicted molar refractivity (Wildman–Crippen MR) is 78.4 cm³/mol. The summed E-state index contributed by atoms with van der Waals surface area (Å²) in [6.07, 6.45) is 0.792. The van der Waals surface area contributed by atoms with Gasteiger partial charge in [0.15, 0.2) is 0 Å². The lowest BCUT2D eigenvalue weighted by Gasteiger charge is -2.24. The quantitative estimate of drug-likeness (QED) is 0.878. The van der Waals surface area contributed by atoms with Crippen LogP contribution < -0.4 is 11.1 Å². The zero-order valence-electron chi connectivity index (χ0n) is 11.2. The molecule has 0 spiro atoms. The molecule has 0 radical (unpaired) electrons. The molecular formula is C14H21BrN2O. The van der Waals surface area contributed by atoms with E-state index in [1.807, 2.05) is 45.0 Å². The van der Waals surface area contributed by atoms with Crippen LogP contribution in [-0.2, 0) is 10.2 Å². The maximum atomic E-state index is 12.2. The van der Waals surface area contributed by atoms with Gasteiger partial charge in [-0.2, -0.15) is 0 Å². The average molecular weight is 313 g/mol. The smallest absolute Gasteiger partial charge is 0.230 e. The first kappa shape index (κ1) is 15.2. The molecule has 0 aromatic heterocycles. The van der Waals surface area contributed by atoms with Crippen molar-refractivity contribution in [2.45, 2.75) is 38.6 Å². The minimum Gasteiger partial charge on any atom is -0.355 e. The van der Waals surface area contributed by atoms with E-state index in [-0.39, 0.29) is 11.9 Å². The van der Waals surface area contributed by atoms with Gasteiger partial charge < -0.3 is 11.1 Å². The van der Waals surface area contributed by atoms with Crippen molar-refractivity contribution < 1.29 is 4.79 Å². The van der Waals surface area contributed by atoms with Gasteiger partial charge in [-0.25, -0.2) is 0 Å². The number of carbonyl (C=O) groups is 1. The summed E-state index contributed by atoms with van der Waals surface area (Å²) in [6, 6.07) is 7.95. The van der Waals surface area contributed by atoms with E-state index >= 15 is 0 Å². The summed E-state index contributed by atoms with van der Waals surface area (Å²) in [6.45, 7) is 6.41. The second kappa shape index (κ2) is 6.34. The third-order valence-electron chi connectivity index (χ3n) is 3.00. The van der Waals surface area contributed by atoms with E-state index < -0.39 is 5.41 Å². The van der Waals surface area contributed by atoms with Crippen molar-refractivity contribution in [3.05, 3.63) is 34.3 Å². The molecule has 1 aromatic carbocycles. The lowest BCUT2D eigenvalue weighted by atomic mass is 9.84. The summed E-state index contributed by atoms with van der Waals surface area (Å²) >= 11 is 3.43. The Morgan fingerprint density at radius 3 is 2.72 bits per heavy atom. The number of benzene rings is 1. The molecule has 0 heterocycles. The summed E-state index contributed by atoms with van der Waals surface area (Å²) in [5.41, 5.74) is 6.12. The maximum Gasteiger partial charge on any atom is 0.230 e. The van der Waals surface area contributed by atoms with Gasteiger partial charge in [0.2, 0.25) is 5.91 Å². The van der Waals surface area contributed by atoms with E-state index in [1.54, 1.807) is 0 Å². The molecule has 1 rings (SSSR count). The zero-order chi connectivity index (χ0) is 13.8. The SMILES string of the molecule is CC(N)CCNC(=O)C(C)(C)c1cccc(Br)c1. The molecule has 0 fully saturated rings. The first-order valence-corrected chi connectivity index (χ1v) is 6.93. The Morgan fingerprint density at radius 2 is 2.17 bits per heavy atom. The van der Waals surface area contributed by atoms with Gasteiger partial charge in [0.1, 0.15) is 0 Å². The molecule has 0 aliphatic heterocycles. The molecule has 0 saturated heterocycles. The van der Waals surface area contributed by atoms with Crippen LogP contribution in [0.5, 0.6) is 0 Å². The second-order valence-electron chi connectivity index (χ2n) is 5.16. The largest absolute Gasteiger partial charge is 0.355 e. The lowest BCUT2D eigenvalue weighted by molar-refractivity contribution is -0.125. The van der Waals surface area contributed by atoms with Gasteiger partial charge in [0.25, 0.3) is 0 Å². The Kier molecular flexibility index (Phi) is 5.35. The minimum absolute atomic E-state index is 0.0289. The van der Waals surface area contributed by atoms with Crippen molar-refractivity contribution in [1.29, 1.82) is 0 Å². The second-order valence-corrected chi connectivity index (χ2v) is 6.07. The van der Waals surface area contributed by atoms with Gasteiger partial charge in [-0.1, -0.05) is 28.1 Å². The third-order valence-corrected chi connectivity index (χ3v) is 3.49. The number of nitrogens with one attached hydrogen (secondary N) is 1. The molecule has 100 valence electrons. The van der Waals surface area contributed by atoms with Gasteiger partial charge in [-0.05, 0) is 44.9 Å². The van der Waals surface area contributed by atoms with Crippen LogP contribution in [-0.4, -0.2) is 18.5 Å². The van der Waals surface area contributed by atoms with Gasteiger partial charge in [-0.3, -0.25) is 4.79 Å². The van der Waals surface area contributed by atoms with E-state index in [1.165, 1.54) is 0 Å². The monoisotopic (exact) mass is 312 g/mol. The molecule has 1 aromatic rings. The Morgan fingerprint density at radius 1 is 1.50 bits per heavy atom. The van der Waals surface area contributed by atoms with E-state index in [2.05, 4.69) is 21.2 Å². The molecule has 4 heteroatoms. The van der Waals surface area contributed by atoms with Crippen LogP contribution in [0.25, 0.3) is 0 Å². The summed E-state index contributed by atoms with van der Waals surface area (Å²) < 4.78 is 0.983. The molecule has 0 aliphatic carbocycles. The highest BCUT2D eigenvalue weighted by atomic mass is 79.9. The Bertz CT molecular complexity index is 416. The van der Waals surface area contributed by atoms with Crippen molar-refractivity contribution >= 4 is 21.8 Å². The summed E-state index contributed by atoms with van der Waals surface area (Å²) in [5.74, 6) is 0.0289. The van der Waals surface area contributed by atoms with Crippen molar-refractivity contribution in [2.24, 2.45) is 5.73 Å². The maximum absolute atomic E-state index is 12.2. The van der Waals surface area contributed by atoms with Crippen molar-refractivity contribution in [3.63, 3.8) is 0 Å². The van der Waals surface area contributed by atoms with Crippen molar-refractivity contribution in [3.8, 4) is 0 Å². The van der Waals surface area contributed by atoms with Crippen LogP contribution in [0.2, 0.25) is 0 Å². The molecule has 1 unspecified atom stereocenters. The highest BCUT2D eigenvalue weighted by Gasteiger charge is 2.29. The fourth-order valence-corrected chi connectivity index (χ4v) is 2.04. The summed E-state index contributed by atoms with van der Waals surface area (Å²) in [5, 5.41) is 2.94. The summed E-state index contributed by atoms with van der Waals surface area (Å²) in [7, 11) is 0. The standard InChI is InChI=1S/C14H21BrN2O/c1-10(16)7-8-17-13(18)14(2,3)11-5-4-6-12(15)9-11/h4-6,9-10H,7-8,16H2,1-3H3,(H,17,18). The number of amides is 1. The molecule has 0 saturated carbocycles. The third kappa shape index (κ3) is 4.10. The van der Waals surface area contributed by atoms with Crippen molar-refractivity contribution in [2.75, 3.05) is 6.54 Å². The topological polar surface area (TPSA) is 55.1 Å². The zero-order valence-corrected chi connectivity index (χ0v) is 12.8. The molecule has 0 bridgehead atoms. The van der Waals surface area contributed by atoms with E-state index in [0.29, 0.717) is 6.54 Å². The molecule has 3 nitrogen and oxygen atoms in total. The highest BCUT2D eigenvalue weighted by Crippen LogP contribution is 2.25. The lowest BCUT2D eigenvalue weighted by Crippen LogP contribution is -2.41. The Hall–Kier alpha value is -0.870. The van der Waals surface area contributed by atoms with Crippen molar-refractivity contribution in [1.82, 2.24) is 5.32 Å². The predicted octanol–water partition coefficient (Wildman–Crippen LogP) is 2.58. The van der Waals surface area contributed by atoms with Crippen LogP contribution >= 0.6 is 15.9 Å². The number of hydrogen-bond acceptors (Lipinski definition) is 2. The number of halogens is 1. The first-order chi connectivity index (χ1) is 8.34. The van der Waals surface area contributed by atoms with Gasteiger partial charge in [-0.15, -0.1) is 0 Å². The first-order valence-electron chi connectivity index (χ1n) is 6.14. The van der Waals surface area contributed by atoms with Crippen LogP contribution in [0.15, 0.2) is 28.7 Å². The Labute approximate surface area is 117 Å². The molecule has 18 heavy (non-hydrogen) atoms. The molecule has 3 N–H and O–H groups in total. The number of carbonyl (C=O) groups excluding carboxylic acids is 1. The van der Waals surface area contributed by atoms with Gasteiger partial charge in [0.05, 0.1) is 5.41 Å². The summed E-state index contributed by atoms with van der Waals surface area (Å²) in [4.78, 5) is 12.2. The van der Waals surface area contributed by atoms with E-state index in [0.717, 1.165) is 16.5 Å². The highest BCUT2D eigenvalue weighted by molar-refractivity contribution is 9.10. The molecule has 0 aliphatic rings. The minimum atomic E-state index is -0.540. The number of nitrogens with two attached hydrogens (primary N) is 1. The van der Waals surface area contributed by atoms with Crippen LogP contribution in [0, 0.1) is 0 Å². The molecular weight excluding hydrogens is 292 g/mol. The van der Waals surface area contributed by atoms with Crippen LogP contribution in [0.3, 0.4) is 0 Å². The Balaban J connectivity index is 2.70. The fraction of sp³-hybridized carbons (Fsp3) is 0.500. The molecule has 1 atom stereocenters. The fourth-order valence-electron chi connectivity index (χ4n) is 1.64. The van der Waals surface area contributed by atoms with E-state index in [4.69, 9.17) is 5.73 Å². The number of rotatable bonds is 5. The van der Waals surface area contributed by atoms with E-state index in [9.17, 15) is 4.79 Å². The van der Waals surface area contributed by atoms with Gasteiger partial charge in [0, 0.05) is 17.1 Å². The molecule has 1 amide bonds.